The lowest BCUT2D eigenvalue weighted by molar-refractivity contribution is 0.660. The van der Waals surface area contributed by atoms with Crippen LogP contribution in [0.1, 0.15) is 30.5 Å². The maximum atomic E-state index is 4.70. The van der Waals surface area contributed by atoms with Gasteiger partial charge in [-0.3, -0.25) is 4.98 Å². The van der Waals surface area contributed by atoms with Crippen molar-refractivity contribution in [2.45, 2.75) is 29.9 Å². The number of fused-ring (bicyclic) bond motifs is 7. The van der Waals surface area contributed by atoms with Crippen LogP contribution in [0.25, 0.3) is 22.4 Å². The summed E-state index contributed by atoms with van der Waals surface area (Å²) in [5, 5.41) is 0. The average molecular weight is 315 g/mol. The molecule has 3 aromatic rings. The third kappa shape index (κ3) is 1.67. The number of aromatic nitrogens is 1. The molecule has 0 amide bonds. The Labute approximate surface area is 140 Å². The van der Waals surface area contributed by atoms with E-state index < -0.39 is 0 Å². The van der Waals surface area contributed by atoms with Crippen molar-refractivity contribution in [3.63, 3.8) is 0 Å². The Kier molecular flexibility index (Phi) is 2.61. The van der Waals surface area contributed by atoms with Gasteiger partial charge in [0.15, 0.2) is 0 Å². The van der Waals surface area contributed by atoms with Crippen molar-refractivity contribution >= 4 is 11.8 Å². The minimum atomic E-state index is -0.000607. The molecule has 0 atom stereocenters. The van der Waals surface area contributed by atoms with Crippen molar-refractivity contribution in [3.8, 4) is 22.4 Å². The quantitative estimate of drug-likeness (QED) is 0.531. The van der Waals surface area contributed by atoms with Gasteiger partial charge in [-0.1, -0.05) is 50.2 Å². The molecule has 0 N–H and O–H groups in total. The Hall–Kier alpha value is -2.06. The Bertz CT molecular complexity index is 956. The van der Waals surface area contributed by atoms with Crippen LogP contribution in [0.3, 0.4) is 0 Å². The summed E-state index contributed by atoms with van der Waals surface area (Å²) >= 11 is 1.95. The van der Waals surface area contributed by atoms with Gasteiger partial charge in [-0.25, -0.2) is 0 Å². The minimum absolute atomic E-state index is 0.000607. The molecule has 0 unspecified atom stereocenters. The molecule has 0 bridgehead atoms. The Morgan fingerprint density at radius 1 is 0.957 bits per heavy atom. The lowest BCUT2D eigenvalue weighted by atomic mass is 9.77. The van der Waals surface area contributed by atoms with Gasteiger partial charge < -0.3 is 0 Å². The smallest absolute Gasteiger partial charge is 0.0746 e. The fourth-order valence-electron chi connectivity index (χ4n) is 4.13. The first-order chi connectivity index (χ1) is 11.2. The molecule has 2 heterocycles. The maximum Gasteiger partial charge on any atom is 0.0746 e. The van der Waals surface area contributed by atoms with Gasteiger partial charge in [0.05, 0.1) is 5.69 Å². The Morgan fingerprint density at radius 3 is 2.74 bits per heavy atom. The molecule has 5 rings (SSSR count). The Balaban J connectivity index is 1.91. The van der Waals surface area contributed by atoms with Crippen molar-refractivity contribution in [2.75, 3.05) is 0 Å². The molecule has 1 aromatic heterocycles. The third-order valence-electron chi connectivity index (χ3n) is 5.19. The van der Waals surface area contributed by atoms with Crippen LogP contribution in [0.2, 0.25) is 0 Å². The van der Waals surface area contributed by atoms with E-state index in [0.717, 1.165) is 11.4 Å². The SMILES string of the molecule is CC1(C)c2cccnc2-c2ccc3c(c21)-c1ccccc1SC3. The molecular weight excluding hydrogens is 298 g/mol. The molecule has 23 heavy (non-hydrogen) atoms. The van der Waals surface area contributed by atoms with E-state index in [1.165, 1.54) is 38.3 Å². The van der Waals surface area contributed by atoms with Crippen LogP contribution in [0.5, 0.6) is 0 Å². The van der Waals surface area contributed by atoms with Gasteiger partial charge in [0.1, 0.15) is 0 Å². The summed E-state index contributed by atoms with van der Waals surface area (Å²) in [7, 11) is 0. The lowest BCUT2D eigenvalue weighted by Gasteiger charge is -2.29. The summed E-state index contributed by atoms with van der Waals surface area (Å²) in [6, 6.07) is 17.7. The molecular formula is C21H17NS. The number of pyridine rings is 1. The predicted molar refractivity (Wildman–Crippen MR) is 96.8 cm³/mol. The molecule has 1 aliphatic carbocycles. The second-order valence-corrected chi connectivity index (χ2v) is 7.85. The monoisotopic (exact) mass is 315 g/mol. The molecule has 0 fully saturated rings. The summed E-state index contributed by atoms with van der Waals surface area (Å²) in [5.41, 5.74) is 9.55. The molecule has 112 valence electrons. The average Bonchev–Trinajstić information content (AvgIpc) is 2.83. The Morgan fingerprint density at radius 2 is 1.83 bits per heavy atom. The summed E-state index contributed by atoms with van der Waals surface area (Å²) in [6.45, 7) is 4.67. The number of rotatable bonds is 0. The first-order valence-corrected chi connectivity index (χ1v) is 9.01. The van der Waals surface area contributed by atoms with E-state index in [4.69, 9.17) is 4.98 Å². The topological polar surface area (TPSA) is 12.9 Å². The van der Waals surface area contributed by atoms with Gasteiger partial charge >= 0.3 is 0 Å². The number of nitrogens with zero attached hydrogens (tertiary/aromatic N) is 1. The van der Waals surface area contributed by atoms with Crippen molar-refractivity contribution in [3.05, 3.63) is 71.4 Å². The van der Waals surface area contributed by atoms with Crippen LogP contribution in [0.4, 0.5) is 0 Å². The minimum Gasteiger partial charge on any atom is -0.256 e. The molecule has 2 aliphatic rings. The molecule has 2 heteroatoms. The van der Waals surface area contributed by atoms with Gasteiger partial charge in [-0.2, -0.15) is 0 Å². The zero-order valence-electron chi connectivity index (χ0n) is 13.3. The zero-order chi connectivity index (χ0) is 15.6. The van der Waals surface area contributed by atoms with E-state index >= 15 is 0 Å². The van der Waals surface area contributed by atoms with Crippen LogP contribution in [0, 0.1) is 0 Å². The lowest BCUT2D eigenvalue weighted by Crippen LogP contribution is -2.17. The van der Waals surface area contributed by atoms with E-state index in [0.29, 0.717) is 0 Å². The molecule has 1 aliphatic heterocycles. The van der Waals surface area contributed by atoms with Crippen LogP contribution >= 0.6 is 11.8 Å². The first kappa shape index (κ1) is 13.4. The van der Waals surface area contributed by atoms with E-state index in [-0.39, 0.29) is 5.41 Å². The van der Waals surface area contributed by atoms with Crippen LogP contribution in [0.15, 0.2) is 59.6 Å². The van der Waals surface area contributed by atoms with Crippen LogP contribution < -0.4 is 0 Å². The predicted octanol–water partition coefficient (Wildman–Crippen LogP) is 5.66. The summed E-state index contributed by atoms with van der Waals surface area (Å²) in [4.78, 5) is 6.09. The van der Waals surface area contributed by atoms with Gasteiger partial charge in [-0.05, 0) is 39.9 Å². The van der Waals surface area contributed by atoms with Crippen molar-refractivity contribution in [2.24, 2.45) is 0 Å². The van der Waals surface area contributed by atoms with E-state index in [2.05, 4.69) is 62.4 Å². The molecule has 0 saturated carbocycles. The van der Waals surface area contributed by atoms with E-state index in [1.807, 2.05) is 18.0 Å². The fraction of sp³-hybridized carbons (Fsp3) is 0.190. The number of thioether (sulfide) groups is 1. The maximum absolute atomic E-state index is 4.70. The normalized spacial score (nSPS) is 16.3. The van der Waals surface area contributed by atoms with Gasteiger partial charge in [0.2, 0.25) is 0 Å². The zero-order valence-corrected chi connectivity index (χ0v) is 14.1. The highest BCUT2D eigenvalue weighted by Crippen LogP contribution is 2.55. The van der Waals surface area contributed by atoms with Crippen molar-refractivity contribution in [1.82, 2.24) is 4.98 Å². The molecule has 0 spiro atoms. The standard InChI is InChI=1S/C21H17NS/c1-21(2)16-7-5-11-22-20(16)15-10-9-13-12-23-17-8-4-3-6-14(17)18(13)19(15)21/h3-11H,12H2,1-2H3. The summed E-state index contributed by atoms with van der Waals surface area (Å²) in [5.74, 6) is 1.06. The van der Waals surface area contributed by atoms with Crippen LogP contribution in [-0.2, 0) is 11.2 Å². The molecule has 0 radical (unpaired) electrons. The van der Waals surface area contributed by atoms with Crippen molar-refractivity contribution < 1.29 is 0 Å². The number of hydrogen-bond donors (Lipinski definition) is 0. The highest BCUT2D eigenvalue weighted by atomic mass is 32.2. The second-order valence-electron chi connectivity index (χ2n) is 6.83. The van der Waals surface area contributed by atoms with Gasteiger partial charge in [0.25, 0.3) is 0 Å². The summed E-state index contributed by atoms with van der Waals surface area (Å²) < 4.78 is 0. The van der Waals surface area contributed by atoms with Gasteiger partial charge in [-0.15, -0.1) is 11.8 Å². The number of benzene rings is 2. The summed E-state index contributed by atoms with van der Waals surface area (Å²) in [6.07, 6.45) is 1.91. The largest absolute Gasteiger partial charge is 0.256 e. The van der Waals surface area contributed by atoms with E-state index in [1.54, 1.807) is 0 Å². The number of hydrogen-bond acceptors (Lipinski definition) is 2. The molecule has 1 nitrogen and oxygen atoms in total. The van der Waals surface area contributed by atoms with Crippen molar-refractivity contribution in [1.29, 1.82) is 0 Å². The fourth-order valence-corrected chi connectivity index (χ4v) is 5.19. The van der Waals surface area contributed by atoms with Gasteiger partial charge in [0, 0.05) is 27.8 Å². The molecule has 0 saturated heterocycles. The van der Waals surface area contributed by atoms with Crippen LogP contribution in [-0.4, -0.2) is 4.98 Å². The molecule has 2 aromatic carbocycles. The third-order valence-corrected chi connectivity index (χ3v) is 6.31. The second kappa shape index (κ2) is 4.48. The highest BCUT2D eigenvalue weighted by molar-refractivity contribution is 7.98. The van der Waals surface area contributed by atoms with E-state index in [9.17, 15) is 0 Å². The first-order valence-electron chi connectivity index (χ1n) is 8.02. The highest BCUT2D eigenvalue weighted by Gasteiger charge is 2.40.